The second-order valence-corrected chi connectivity index (χ2v) is 13.2. The van der Waals surface area contributed by atoms with Gasteiger partial charge in [0.1, 0.15) is 55.4 Å². The number of carboxylic acids is 1. The molecule has 0 spiro atoms. The molecule has 0 aromatic carbocycles. The fourth-order valence-electron chi connectivity index (χ4n) is 7.46. The van der Waals surface area contributed by atoms with Crippen molar-refractivity contribution in [1.29, 1.82) is 0 Å². The average Bonchev–Trinajstić information content (AvgIpc) is 3.76. The molecule has 0 aromatic heterocycles. The van der Waals surface area contributed by atoms with Crippen molar-refractivity contribution in [2.24, 2.45) is 23.7 Å². The number of hydrogen-bond donors (Lipinski definition) is 10. The number of ether oxygens (including phenoxy) is 7. The first kappa shape index (κ1) is 37.7. The van der Waals surface area contributed by atoms with Crippen LogP contribution in [0, 0.1) is 23.7 Å². The van der Waals surface area contributed by atoms with Gasteiger partial charge in [0.05, 0.1) is 55.3 Å². The molecule has 0 aromatic rings. The van der Waals surface area contributed by atoms with Gasteiger partial charge in [-0.05, 0) is 24.0 Å². The predicted octanol–water partition coefficient (Wildman–Crippen LogP) is -4.16. The number of aliphatic carboxylic acids is 1. The molecule has 0 amide bonds. The molecule has 51 heavy (non-hydrogen) atoms. The molecule has 16 atom stereocenters. The van der Waals surface area contributed by atoms with E-state index in [1.165, 1.54) is 0 Å². The van der Waals surface area contributed by atoms with Crippen LogP contribution in [-0.2, 0) is 42.7 Å². The number of carbonyl (C=O) groups excluding carboxylic acids is 1. The van der Waals surface area contributed by atoms with Crippen LogP contribution < -0.4 is 0 Å². The Balaban J connectivity index is 1.15. The van der Waals surface area contributed by atoms with Crippen LogP contribution in [0.4, 0.5) is 0 Å². The van der Waals surface area contributed by atoms with Gasteiger partial charge in [0.25, 0.3) is 0 Å². The molecule has 2 saturated heterocycles. The van der Waals surface area contributed by atoms with E-state index < -0.39 is 129 Å². The number of hydrogen-bond acceptors (Lipinski definition) is 18. The van der Waals surface area contributed by atoms with Crippen molar-refractivity contribution in [1.82, 2.24) is 0 Å². The number of rotatable bonds is 11. The zero-order valence-electron chi connectivity index (χ0n) is 26.9. The monoisotopic (exact) mass is 730 g/mol. The van der Waals surface area contributed by atoms with Crippen molar-refractivity contribution in [3.05, 3.63) is 47.0 Å². The van der Waals surface area contributed by atoms with Gasteiger partial charge in [-0.15, -0.1) is 0 Å². The number of carbonyl (C=O) groups is 2. The molecule has 4 heterocycles. The van der Waals surface area contributed by atoms with Gasteiger partial charge >= 0.3 is 11.9 Å². The minimum Gasteiger partial charge on any atom is -0.478 e. The Bertz CT molecular complexity index is 1420. The predicted molar refractivity (Wildman–Crippen MR) is 161 cm³/mol. The number of allylic oxidation sites excluding steroid dienone is 2. The van der Waals surface area contributed by atoms with Crippen LogP contribution in [0.3, 0.4) is 0 Å². The molecule has 0 saturated carbocycles. The highest BCUT2D eigenvalue weighted by atomic mass is 16.8. The molecule has 2 fully saturated rings. The molecule has 284 valence electrons. The van der Waals surface area contributed by atoms with E-state index in [4.69, 9.17) is 33.2 Å². The zero-order chi connectivity index (χ0) is 36.7. The molecule has 0 radical (unpaired) electrons. The molecule has 19 heteroatoms. The lowest BCUT2D eigenvalue weighted by Crippen LogP contribution is -2.60. The highest BCUT2D eigenvalue weighted by Gasteiger charge is 2.52. The molecule has 6 aliphatic rings. The lowest BCUT2D eigenvalue weighted by molar-refractivity contribution is -0.339. The van der Waals surface area contributed by atoms with Crippen LogP contribution >= 0.6 is 0 Å². The van der Waals surface area contributed by atoms with Crippen LogP contribution in [0.1, 0.15) is 12.8 Å². The molecular weight excluding hydrogens is 688 g/mol. The van der Waals surface area contributed by atoms with Gasteiger partial charge in [-0.1, -0.05) is 12.2 Å². The van der Waals surface area contributed by atoms with Gasteiger partial charge < -0.3 is 84.2 Å². The number of esters is 1. The van der Waals surface area contributed by atoms with Crippen molar-refractivity contribution in [2.45, 2.75) is 86.8 Å². The first-order valence-corrected chi connectivity index (χ1v) is 16.4. The summed E-state index contributed by atoms with van der Waals surface area (Å²) >= 11 is 0. The molecule has 2 aliphatic carbocycles. The largest absolute Gasteiger partial charge is 0.478 e. The first-order valence-electron chi connectivity index (χ1n) is 16.4. The van der Waals surface area contributed by atoms with E-state index in [-0.39, 0.29) is 30.6 Å². The standard InChI is InChI=1S/C32H42O19/c33-5-11-1-3-14-16(10-47-29(19(11)14)50-31-25(40)23(38)21(36)17(6-34)48-31)28(44)45-8-12-2-4-13-15(27(42)43)9-46-30(20(12)13)51-32-26(41)24(39)22(37)18(7-35)49-32/h1-2,9-10,13-14,17-26,29-41H,3-8H2,(H,42,43). The summed E-state index contributed by atoms with van der Waals surface area (Å²) in [6.07, 6.45) is -12.4. The summed E-state index contributed by atoms with van der Waals surface area (Å²) in [5, 5.41) is 101. The maximum absolute atomic E-state index is 13.5. The van der Waals surface area contributed by atoms with Gasteiger partial charge in [-0.2, -0.15) is 0 Å². The number of aliphatic hydroxyl groups is 9. The lowest BCUT2D eigenvalue weighted by atomic mass is 9.83. The smallest absolute Gasteiger partial charge is 0.337 e. The van der Waals surface area contributed by atoms with Crippen molar-refractivity contribution in [3.8, 4) is 0 Å². The van der Waals surface area contributed by atoms with E-state index in [1.807, 2.05) is 0 Å². The Morgan fingerprint density at radius 1 is 0.647 bits per heavy atom. The molecule has 16 unspecified atom stereocenters. The Hall–Kier alpha value is -3.02. The Labute approximate surface area is 289 Å². The third kappa shape index (κ3) is 7.07. The van der Waals surface area contributed by atoms with Gasteiger partial charge in [-0.3, -0.25) is 0 Å². The van der Waals surface area contributed by atoms with Crippen molar-refractivity contribution < 1.29 is 93.8 Å². The van der Waals surface area contributed by atoms with Gasteiger partial charge in [0.2, 0.25) is 12.6 Å². The van der Waals surface area contributed by atoms with Crippen LogP contribution in [0.5, 0.6) is 0 Å². The fourth-order valence-corrected chi connectivity index (χ4v) is 7.46. The second kappa shape index (κ2) is 15.5. The molecule has 4 aliphatic heterocycles. The Morgan fingerprint density at radius 2 is 1.12 bits per heavy atom. The average molecular weight is 731 g/mol. The molecule has 10 N–H and O–H groups in total. The summed E-state index contributed by atoms with van der Waals surface area (Å²) in [5.41, 5.74) is 0.850. The van der Waals surface area contributed by atoms with Crippen molar-refractivity contribution >= 4 is 11.9 Å². The maximum atomic E-state index is 13.5. The van der Waals surface area contributed by atoms with E-state index in [9.17, 15) is 60.7 Å². The quantitative estimate of drug-likeness (QED) is 0.0713. The van der Waals surface area contributed by atoms with Crippen LogP contribution in [0.15, 0.2) is 47.0 Å². The second-order valence-electron chi connectivity index (χ2n) is 13.2. The number of carboxylic acid groups (broad SMARTS) is 1. The maximum Gasteiger partial charge on any atom is 0.337 e. The lowest BCUT2D eigenvalue weighted by Gasteiger charge is -2.43. The van der Waals surface area contributed by atoms with Crippen LogP contribution in [-0.4, -0.2) is 163 Å². The van der Waals surface area contributed by atoms with E-state index in [2.05, 4.69) is 0 Å². The molecular formula is C32H42O19. The summed E-state index contributed by atoms with van der Waals surface area (Å²) in [6, 6.07) is 0. The summed E-state index contributed by atoms with van der Waals surface area (Å²) in [7, 11) is 0. The number of fused-ring (bicyclic) bond motifs is 2. The minimum absolute atomic E-state index is 0.0728. The fraction of sp³-hybridized carbons (Fsp3) is 0.688. The zero-order valence-corrected chi connectivity index (χ0v) is 26.9. The van der Waals surface area contributed by atoms with E-state index in [1.54, 1.807) is 12.2 Å². The highest BCUT2D eigenvalue weighted by Crippen LogP contribution is 2.46. The van der Waals surface area contributed by atoms with Crippen LogP contribution in [0.25, 0.3) is 0 Å². The summed E-state index contributed by atoms with van der Waals surface area (Å²) < 4.78 is 39.5. The van der Waals surface area contributed by atoms with Gasteiger partial charge in [-0.25, -0.2) is 9.59 Å². The van der Waals surface area contributed by atoms with E-state index >= 15 is 0 Å². The summed E-state index contributed by atoms with van der Waals surface area (Å²) in [6.45, 7) is -2.17. The minimum atomic E-state index is -1.76. The summed E-state index contributed by atoms with van der Waals surface area (Å²) in [5.74, 6) is -5.03. The topological polar surface area (TPSA) is 301 Å². The third-order valence-electron chi connectivity index (χ3n) is 10.3. The molecule has 0 bridgehead atoms. The Kier molecular flexibility index (Phi) is 11.5. The number of aliphatic hydroxyl groups excluding tert-OH is 9. The van der Waals surface area contributed by atoms with E-state index in [0.29, 0.717) is 11.1 Å². The summed E-state index contributed by atoms with van der Waals surface area (Å²) in [4.78, 5) is 25.6. The third-order valence-corrected chi connectivity index (χ3v) is 10.3. The molecule has 6 rings (SSSR count). The van der Waals surface area contributed by atoms with Crippen LogP contribution in [0.2, 0.25) is 0 Å². The Morgan fingerprint density at radius 3 is 1.61 bits per heavy atom. The van der Waals surface area contributed by atoms with Gasteiger partial charge in [0, 0.05) is 11.8 Å². The van der Waals surface area contributed by atoms with Crippen molar-refractivity contribution in [2.75, 3.05) is 26.4 Å². The SMILES string of the molecule is O=C(O)C1=COC(OC2OC(CO)C(O)C(O)C2O)C2C(COC(=O)C3=COC(OC4OC(CO)C(O)C(O)C4O)C4C(CO)=CCC34)=CCC12. The molecule has 19 nitrogen and oxygen atoms in total. The van der Waals surface area contributed by atoms with E-state index in [0.717, 1.165) is 12.5 Å². The highest BCUT2D eigenvalue weighted by molar-refractivity contribution is 5.89. The normalized spacial score (nSPS) is 43.4. The van der Waals surface area contributed by atoms with Gasteiger partial charge in [0.15, 0.2) is 12.6 Å². The van der Waals surface area contributed by atoms with Crippen molar-refractivity contribution in [3.63, 3.8) is 0 Å². The first-order chi connectivity index (χ1) is 24.4.